The molecule has 0 saturated heterocycles. The SMILES string of the molecule is CCOc1ccc(Cl)cc1S(=O)(=O)N(C)CC(=O)Nc1ccc(Cl)c(C(F)(F)F)c1. The first-order chi connectivity index (χ1) is 13.9. The molecule has 0 aliphatic carbocycles. The van der Waals surface area contributed by atoms with E-state index in [0.29, 0.717) is 6.07 Å². The van der Waals surface area contributed by atoms with Crippen LogP contribution in [0.1, 0.15) is 12.5 Å². The van der Waals surface area contributed by atoms with Crippen molar-refractivity contribution in [1.29, 1.82) is 0 Å². The summed E-state index contributed by atoms with van der Waals surface area (Å²) in [6.45, 7) is 1.21. The van der Waals surface area contributed by atoms with E-state index in [1.54, 1.807) is 6.92 Å². The van der Waals surface area contributed by atoms with E-state index in [-0.39, 0.29) is 28.0 Å². The van der Waals surface area contributed by atoms with E-state index in [0.717, 1.165) is 17.4 Å². The Bertz CT molecular complexity index is 1050. The maximum atomic E-state index is 12.9. The predicted molar refractivity (Wildman–Crippen MR) is 108 cm³/mol. The molecular formula is C18H17Cl2F3N2O4S. The van der Waals surface area contributed by atoms with Crippen LogP contribution in [0.15, 0.2) is 41.3 Å². The van der Waals surface area contributed by atoms with Gasteiger partial charge in [0, 0.05) is 17.8 Å². The van der Waals surface area contributed by atoms with Crippen LogP contribution in [0.5, 0.6) is 5.75 Å². The van der Waals surface area contributed by atoms with Gasteiger partial charge in [0.15, 0.2) is 0 Å². The lowest BCUT2D eigenvalue weighted by atomic mass is 10.2. The zero-order valence-corrected chi connectivity index (χ0v) is 18.1. The van der Waals surface area contributed by atoms with Crippen LogP contribution < -0.4 is 10.1 Å². The molecule has 2 aromatic rings. The second-order valence-electron chi connectivity index (χ2n) is 6.03. The highest BCUT2D eigenvalue weighted by Gasteiger charge is 2.33. The highest BCUT2D eigenvalue weighted by molar-refractivity contribution is 7.89. The van der Waals surface area contributed by atoms with E-state index in [1.807, 2.05) is 0 Å². The largest absolute Gasteiger partial charge is 0.492 e. The fourth-order valence-corrected chi connectivity index (χ4v) is 4.18. The van der Waals surface area contributed by atoms with Gasteiger partial charge >= 0.3 is 6.18 Å². The van der Waals surface area contributed by atoms with Gasteiger partial charge in [0.05, 0.1) is 23.7 Å². The highest BCUT2D eigenvalue weighted by Crippen LogP contribution is 2.36. The van der Waals surface area contributed by atoms with Crippen molar-refractivity contribution >= 4 is 44.8 Å². The van der Waals surface area contributed by atoms with Gasteiger partial charge in [-0.15, -0.1) is 0 Å². The number of carbonyl (C=O) groups excluding carboxylic acids is 1. The van der Waals surface area contributed by atoms with Crippen molar-refractivity contribution in [1.82, 2.24) is 4.31 Å². The molecule has 30 heavy (non-hydrogen) atoms. The smallest absolute Gasteiger partial charge is 0.417 e. The molecule has 0 aliphatic rings. The summed E-state index contributed by atoms with van der Waals surface area (Å²) in [5.74, 6) is -0.793. The molecule has 0 spiro atoms. The second-order valence-corrected chi connectivity index (χ2v) is 8.88. The summed E-state index contributed by atoms with van der Waals surface area (Å²) < 4.78 is 70.6. The number of rotatable bonds is 7. The number of anilines is 1. The Morgan fingerprint density at radius 2 is 1.83 bits per heavy atom. The van der Waals surface area contributed by atoms with Gasteiger partial charge < -0.3 is 10.1 Å². The fourth-order valence-electron chi connectivity index (χ4n) is 2.43. The number of likely N-dealkylation sites (N-methyl/N-ethyl adjacent to an activating group) is 1. The van der Waals surface area contributed by atoms with E-state index in [9.17, 15) is 26.4 Å². The molecular weight excluding hydrogens is 468 g/mol. The summed E-state index contributed by atoms with van der Waals surface area (Å²) in [5.41, 5.74) is -1.30. The van der Waals surface area contributed by atoms with Gasteiger partial charge in [-0.1, -0.05) is 23.2 Å². The number of amides is 1. The van der Waals surface area contributed by atoms with Gasteiger partial charge in [0.25, 0.3) is 0 Å². The summed E-state index contributed by atoms with van der Waals surface area (Å²) in [6, 6.07) is 6.86. The van der Waals surface area contributed by atoms with Gasteiger partial charge in [-0.3, -0.25) is 4.79 Å². The van der Waals surface area contributed by atoms with E-state index in [1.165, 1.54) is 24.3 Å². The molecule has 0 heterocycles. The second kappa shape index (κ2) is 9.42. The van der Waals surface area contributed by atoms with Gasteiger partial charge in [0.2, 0.25) is 15.9 Å². The molecule has 1 amide bonds. The van der Waals surface area contributed by atoms with Gasteiger partial charge in [-0.05, 0) is 43.3 Å². The average Bonchev–Trinajstić information content (AvgIpc) is 2.63. The number of carbonyl (C=O) groups is 1. The molecule has 0 atom stereocenters. The molecule has 12 heteroatoms. The van der Waals surface area contributed by atoms with Crippen LogP contribution in [0, 0.1) is 0 Å². The summed E-state index contributed by atoms with van der Waals surface area (Å²) in [6.07, 6.45) is -4.71. The zero-order valence-electron chi connectivity index (χ0n) is 15.8. The van der Waals surface area contributed by atoms with Crippen LogP contribution in [0.3, 0.4) is 0 Å². The van der Waals surface area contributed by atoms with Crippen molar-refractivity contribution in [2.45, 2.75) is 18.0 Å². The van der Waals surface area contributed by atoms with Crippen LogP contribution in [0.25, 0.3) is 0 Å². The summed E-state index contributed by atoms with van der Waals surface area (Å²) >= 11 is 11.4. The van der Waals surface area contributed by atoms with Crippen LogP contribution >= 0.6 is 23.2 Å². The van der Waals surface area contributed by atoms with Crippen molar-refractivity contribution in [2.75, 3.05) is 25.5 Å². The first-order valence-electron chi connectivity index (χ1n) is 8.41. The molecule has 0 aromatic heterocycles. The number of ether oxygens (including phenoxy) is 1. The number of benzene rings is 2. The maximum absolute atomic E-state index is 12.9. The standard InChI is InChI=1S/C18H17Cl2F3N2O4S/c1-3-29-15-7-4-11(19)8-16(15)30(27,28)25(2)10-17(26)24-12-5-6-14(20)13(9-12)18(21,22)23/h4-9H,3,10H2,1-2H3,(H,24,26). The molecule has 0 unspecified atom stereocenters. The molecule has 0 radical (unpaired) electrons. The minimum absolute atomic E-state index is 0.0571. The topological polar surface area (TPSA) is 75.7 Å². The highest BCUT2D eigenvalue weighted by atomic mass is 35.5. The zero-order chi connectivity index (χ0) is 22.7. The molecule has 1 N–H and O–H groups in total. The third-order valence-electron chi connectivity index (χ3n) is 3.82. The molecule has 0 aliphatic heterocycles. The molecule has 0 bridgehead atoms. The van der Waals surface area contributed by atoms with Crippen LogP contribution in [0.4, 0.5) is 18.9 Å². The normalized spacial score (nSPS) is 12.1. The molecule has 0 fully saturated rings. The number of nitrogens with one attached hydrogen (secondary N) is 1. The first kappa shape index (κ1) is 24.3. The van der Waals surface area contributed by atoms with Crippen LogP contribution in [-0.2, 0) is 21.0 Å². The number of halogens is 5. The summed E-state index contributed by atoms with van der Waals surface area (Å²) in [5, 5.41) is 1.85. The number of hydrogen-bond acceptors (Lipinski definition) is 4. The quantitative estimate of drug-likeness (QED) is 0.619. The molecule has 2 rings (SSSR count). The first-order valence-corrected chi connectivity index (χ1v) is 10.6. The summed E-state index contributed by atoms with van der Waals surface area (Å²) in [4.78, 5) is 12.0. The lowest BCUT2D eigenvalue weighted by Gasteiger charge is -2.19. The van der Waals surface area contributed by atoms with Crippen molar-refractivity contribution in [3.05, 3.63) is 52.0 Å². The minimum Gasteiger partial charge on any atom is -0.492 e. The minimum atomic E-state index is -4.71. The predicted octanol–water partition coefficient (Wildman–Crippen LogP) is 4.67. The van der Waals surface area contributed by atoms with Gasteiger partial charge in [0.1, 0.15) is 10.6 Å². The molecule has 6 nitrogen and oxygen atoms in total. The third kappa shape index (κ3) is 5.78. The monoisotopic (exact) mass is 484 g/mol. The van der Waals surface area contributed by atoms with E-state index < -0.39 is 39.2 Å². The number of hydrogen-bond donors (Lipinski definition) is 1. The Morgan fingerprint density at radius 3 is 2.43 bits per heavy atom. The Morgan fingerprint density at radius 1 is 1.17 bits per heavy atom. The number of alkyl halides is 3. The summed E-state index contributed by atoms with van der Waals surface area (Å²) in [7, 11) is -3.03. The number of sulfonamides is 1. The Kier molecular flexibility index (Phi) is 7.62. The lowest BCUT2D eigenvalue weighted by Crippen LogP contribution is -2.35. The van der Waals surface area contributed by atoms with Gasteiger partial charge in [-0.2, -0.15) is 17.5 Å². The number of nitrogens with zero attached hydrogens (tertiary/aromatic N) is 1. The van der Waals surface area contributed by atoms with Crippen molar-refractivity contribution < 1.29 is 31.1 Å². The Labute approximate surface area is 181 Å². The third-order valence-corrected chi connectivity index (χ3v) is 6.20. The molecule has 0 saturated carbocycles. The molecule has 2 aromatic carbocycles. The Balaban J connectivity index is 2.21. The van der Waals surface area contributed by atoms with Crippen molar-refractivity contribution in [3.8, 4) is 5.75 Å². The van der Waals surface area contributed by atoms with Crippen molar-refractivity contribution in [3.63, 3.8) is 0 Å². The van der Waals surface area contributed by atoms with Crippen molar-refractivity contribution in [2.24, 2.45) is 0 Å². The van der Waals surface area contributed by atoms with Gasteiger partial charge in [-0.25, -0.2) is 8.42 Å². The fraction of sp³-hybridized carbons (Fsp3) is 0.278. The molecule has 164 valence electrons. The Hall–Kier alpha value is -2.01. The van der Waals surface area contributed by atoms with E-state index >= 15 is 0 Å². The van der Waals surface area contributed by atoms with Crippen LogP contribution in [0.2, 0.25) is 10.0 Å². The van der Waals surface area contributed by atoms with Crippen LogP contribution in [-0.4, -0.2) is 38.8 Å². The lowest BCUT2D eigenvalue weighted by molar-refractivity contribution is -0.137. The average molecular weight is 485 g/mol. The maximum Gasteiger partial charge on any atom is 0.417 e. The van der Waals surface area contributed by atoms with E-state index in [4.69, 9.17) is 27.9 Å². The van der Waals surface area contributed by atoms with E-state index in [2.05, 4.69) is 5.32 Å².